The molecule has 1 aliphatic rings. The van der Waals surface area contributed by atoms with E-state index in [9.17, 15) is 0 Å². The number of anilines is 1. The van der Waals surface area contributed by atoms with Crippen molar-refractivity contribution in [3.63, 3.8) is 0 Å². The molecule has 144 valence electrons. The quantitative estimate of drug-likeness (QED) is 0.371. The first-order valence-corrected chi connectivity index (χ1v) is 10.8. The molecule has 1 aromatic carbocycles. The van der Waals surface area contributed by atoms with E-state index in [2.05, 4.69) is 94.7 Å². The van der Waals surface area contributed by atoms with Gasteiger partial charge in [0.1, 0.15) is 0 Å². The molecule has 2 unspecified atom stereocenters. The largest absolute Gasteiger partial charge is 0.362 e. The first-order valence-electron chi connectivity index (χ1n) is 9.30. The fourth-order valence-electron chi connectivity index (χ4n) is 4.14. The van der Waals surface area contributed by atoms with Crippen molar-refractivity contribution in [2.45, 2.75) is 39.8 Å². The van der Waals surface area contributed by atoms with Crippen molar-refractivity contribution in [2.24, 2.45) is 0 Å². The second kappa shape index (κ2) is 7.48. The van der Waals surface area contributed by atoms with E-state index in [1.54, 1.807) is 0 Å². The van der Waals surface area contributed by atoms with E-state index in [1.807, 2.05) is 18.3 Å². The van der Waals surface area contributed by atoms with Gasteiger partial charge >= 0.3 is 0 Å². The van der Waals surface area contributed by atoms with Gasteiger partial charge in [0.25, 0.3) is 0 Å². The number of aryl methyl sites for hydroxylation is 4. The zero-order valence-electron chi connectivity index (χ0n) is 16.4. The van der Waals surface area contributed by atoms with Crippen LogP contribution in [0.3, 0.4) is 0 Å². The number of halogens is 1. The van der Waals surface area contributed by atoms with Gasteiger partial charge < -0.3 is 15.2 Å². The third kappa shape index (κ3) is 3.33. The number of pyridine rings is 1. The molecule has 2 aromatic heterocycles. The Labute approximate surface area is 184 Å². The molecule has 28 heavy (non-hydrogen) atoms. The molecule has 2 atom stereocenters. The van der Waals surface area contributed by atoms with Gasteiger partial charge in [-0.15, -0.1) is 0 Å². The van der Waals surface area contributed by atoms with Gasteiger partial charge in [-0.2, -0.15) is 0 Å². The van der Waals surface area contributed by atoms with Crippen molar-refractivity contribution in [2.75, 3.05) is 4.90 Å². The summed E-state index contributed by atoms with van der Waals surface area (Å²) >= 11 is 8.28. The molecule has 4 rings (SSSR count). The third-order valence-corrected chi connectivity index (χ3v) is 6.93. The Morgan fingerprint density at radius 2 is 1.75 bits per heavy atom. The van der Waals surface area contributed by atoms with Gasteiger partial charge in [0.2, 0.25) is 0 Å². The van der Waals surface area contributed by atoms with Gasteiger partial charge in [0, 0.05) is 32.4 Å². The molecule has 0 aliphatic carbocycles. The maximum absolute atomic E-state index is 5.83. The fourth-order valence-corrected chi connectivity index (χ4v) is 5.34. The second-order valence-corrected chi connectivity index (χ2v) is 8.91. The molecule has 1 saturated heterocycles. The lowest BCUT2D eigenvalue weighted by Gasteiger charge is -2.29. The van der Waals surface area contributed by atoms with Crippen LogP contribution in [0.1, 0.15) is 45.9 Å². The zero-order chi connectivity index (χ0) is 20.0. The lowest BCUT2D eigenvalue weighted by atomic mass is 9.96. The summed E-state index contributed by atoms with van der Waals surface area (Å²) in [7, 11) is 0. The van der Waals surface area contributed by atoms with Gasteiger partial charge in [-0.25, -0.2) is 0 Å². The Hall–Kier alpha value is -1.93. The highest BCUT2D eigenvalue weighted by atomic mass is 127. The number of nitrogens with one attached hydrogen (secondary N) is 2. The maximum atomic E-state index is 5.83. The molecule has 0 amide bonds. The first-order chi connectivity index (χ1) is 13.4. The highest BCUT2D eigenvalue weighted by molar-refractivity contribution is 14.1. The second-order valence-electron chi connectivity index (χ2n) is 7.45. The summed E-state index contributed by atoms with van der Waals surface area (Å²) in [4.78, 5) is 10.4. The molecule has 1 aliphatic heterocycles. The molecule has 0 spiro atoms. The number of hydrogen-bond acceptors (Lipinski definition) is 2. The number of aromatic nitrogens is 2. The molecule has 3 heterocycles. The Morgan fingerprint density at radius 1 is 1.04 bits per heavy atom. The van der Waals surface area contributed by atoms with Crippen LogP contribution in [0, 0.1) is 31.3 Å². The molecule has 0 bridgehead atoms. The van der Waals surface area contributed by atoms with E-state index in [-0.39, 0.29) is 12.1 Å². The van der Waals surface area contributed by atoms with Crippen LogP contribution in [-0.2, 0) is 0 Å². The summed E-state index contributed by atoms with van der Waals surface area (Å²) in [6.45, 7) is 8.52. The number of hydrogen-bond donors (Lipinski definition) is 2. The van der Waals surface area contributed by atoms with Crippen molar-refractivity contribution in [3.8, 4) is 0 Å². The standard InChI is InChI=1S/C22H23IN4S/c1-12-9-13(2)11-16(10-12)27-21(18-14(3)25-15(4)19(18)23)20(26-22(27)28)17-7-5-6-8-24-17/h5-11,20-21,25H,1-4H3,(H,26,28). The smallest absolute Gasteiger partial charge is 0.174 e. The van der Waals surface area contributed by atoms with Crippen LogP contribution < -0.4 is 10.2 Å². The zero-order valence-corrected chi connectivity index (χ0v) is 19.4. The Bertz CT molecular complexity index is 1020. The van der Waals surface area contributed by atoms with Crippen molar-refractivity contribution >= 4 is 45.6 Å². The van der Waals surface area contributed by atoms with Crippen molar-refractivity contribution in [1.82, 2.24) is 15.3 Å². The summed E-state index contributed by atoms with van der Waals surface area (Å²) in [6, 6.07) is 12.7. The van der Waals surface area contributed by atoms with Gasteiger partial charge in [-0.3, -0.25) is 4.98 Å². The SMILES string of the molecule is Cc1cc(C)cc(N2C(=S)NC(c3ccccn3)C2c2c(C)[nH]c(C)c2I)c1. The minimum atomic E-state index is -0.0167. The highest BCUT2D eigenvalue weighted by Gasteiger charge is 2.43. The average Bonchev–Trinajstić information content (AvgIpc) is 3.10. The normalized spacial score (nSPS) is 19.2. The average molecular weight is 502 g/mol. The minimum Gasteiger partial charge on any atom is -0.362 e. The lowest BCUT2D eigenvalue weighted by Crippen LogP contribution is -2.30. The third-order valence-electron chi connectivity index (χ3n) is 5.22. The van der Waals surface area contributed by atoms with E-state index in [4.69, 9.17) is 12.2 Å². The van der Waals surface area contributed by atoms with Crippen LogP contribution in [0.5, 0.6) is 0 Å². The summed E-state index contributed by atoms with van der Waals surface area (Å²) in [5.74, 6) is 0. The van der Waals surface area contributed by atoms with Crippen LogP contribution in [-0.4, -0.2) is 15.1 Å². The van der Waals surface area contributed by atoms with E-state index in [0.29, 0.717) is 0 Å². The maximum Gasteiger partial charge on any atom is 0.174 e. The topological polar surface area (TPSA) is 44.0 Å². The summed E-state index contributed by atoms with van der Waals surface area (Å²) in [6.07, 6.45) is 1.84. The van der Waals surface area contributed by atoms with Crippen molar-refractivity contribution in [3.05, 3.63) is 79.9 Å². The monoisotopic (exact) mass is 502 g/mol. The molecular formula is C22H23IN4S. The number of nitrogens with zero attached hydrogens (tertiary/aromatic N) is 2. The van der Waals surface area contributed by atoms with E-state index >= 15 is 0 Å². The molecule has 2 N–H and O–H groups in total. The van der Waals surface area contributed by atoms with Crippen LogP contribution in [0.4, 0.5) is 5.69 Å². The van der Waals surface area contributed by atoms with Gasteiger partial charge in [-0.05, 0) is 97.9 Å². The van der Waals surface area contributed by atoms with E-state index in [1.165, 1.54) is 31.6 Å². The Balaban J connectivity index is 1.92. The predicted octanol–water partition coefficient (Wildman–Crippen LogP) is 5.43. The minimum absolute atomic E-state index is 0.0167. The number of aromatic amines is 1. The van der Waals surface area contributed by atoms with E-state index in [0.717, 1.165) is 16.5 Å². The summed E-state index contributed by atoms with van der Waals surface area (Å²) in [5.41, 5.74) is 8.22. The molecule has 1 fully saturated rings. The molecular weight excluding hydrogens is 479 g/mol. The highest BCUT2D eigenvalue weighted by Crippen LogP contribution is 2.44. The molecule has 3 aromatic rings. The van der Waals surface area contributed by atoms with Gasteiger partial charge in [0.15, 0.2) is 5.11 Å². The molecule has 4 nitrogen and oxygen atoms in total. The number of rotatable bonds is 3. The van der Waals surface area contributed by atoms with Crippen LogP contribution in [0.15, 0.2) is 42.6 Å². The van der Waals surface area contributed by atoms with Gasteiger partial charge in [0.05, 0.1) is 17.8 Å². The number of H-pyrrole nitrogens is 1. The van der Waals surface area contributed by atoms with Crippen LogP contribution >= 0.6 is 34.8 Å². The fraction of sp³-hybridized carbons (Fsp3) is 0.273. The molecule has 6 heteroatoms. The number of benzene rings is 1. The Kier molecular flexibility index (Phi) is 5.18. The molecule has 0 radical (unpaired) electrons. The van der Waals surface area contributed by atoms with Crippen LogP contribution in [0.25, 0.3) is 0 Å². The number of thiocarbonyl (C=S) groups is 1. The van der Waals surface area contributed by atoms with Crippen molar-refractivity contribution < 1.29 is 0 Å². The van der Waals surface area contributed by atoms with Gasteiger partial charge in [-0.1, -0.05) is 12.1 Å². The molecule has 0 saturated carbocycles. The summed E-state index contributed by atoms with van der Waals surface area (Å²) < 4.78 is 1.25. The first kappa shape index (κ1) is 19.4. The van der Waals surface area contributed by atoms with Crippen molar-refractivity contribution in [1.29, 1.82) is 0 Å². The summed E-state index contributed by atoms with van der Waals surface area (Å²) in [5, 5.41) is 4.28. The lowest BCUT2D eigenvalue weighted by molar-refractivity contribution is 0.564. The van der Waals surface area contributed by atoms with Crippen LogP contribution in [0.2, 0.25) is 0 Å². The van der Waals surface area contributed by atoms with E-state index < -0.39 is 0 Å². The Morgan fingerprint density at radius 3 is 2.32 bits per heavy atom. The predicted molar refractivity (Wildman–Crippen MR) is 127 cm³/mol.